The van der Waals surface area contributed by atoms with Gasteiger partial charge in [-0.25, -0.2) is 0 Å². The maximum atomic E-state index is 12.1. The van der Waals surface area contributed by atoms with Crippen molar-refractivity contribution in [2.24, 2.45) is 0 Å². The van der Waals surface area contributed by atoms with Crippen molar-refractivity contribution in [3.8, 4) is 0 Å². The molecule has 0 unspecified atom stereocenters. The molecule has 0 saturated carbocycles. The van der Waals surface area contributed by atoms with Gasteiger partial charge in [-0.2, -0.15) is 26.3 Å². The second-order valence-corrected chi connectivity index (χ2v) is 2.95. The number of aromatic nitrogens is 1. The monoisotopic (exact) mass is 249 g/mol. The summed E-state index contributed by atoms with van der Waals surface area (Å²) in [4.78, 5) is 2.77. The number of halogens is 7. The van der Waals surface area contributed by atoms with Gasteiger partial charge in [0.2, 0.25) is 0 Å². The predicted octanol–water partition coefficient (Wildman–Crippen LogP) is 3.77. The van der Waals surface area contributed by atoms with E-state index in [4.69, 9.17) is 11.6 Å². The van der Waals surface area contributed by atoms with Crippen molar-refractivity contribution in [2.45, 2.75) is 12.4 Å². The summed E-state index contributed by atoms with van der Waals surface area (Å²) >= 11 is 5.08. The molecule has 0 aliphatic heterocycles. The Morgan fingerprint density at radius 3 is 1.93 bits per heavy atom. The normalized spacial score (nSPS) is 13.0. The zero-order valence-electron chi connectivity index (χ0n) is 6.75. The van der Waals surface area contributed by atoms with E-state index in [1.165, 1.54) is 0 Å². The van der Waals surface area contributed by atoms with Gasteiger partial charge < -0.3 is 0 Å². The van der Waals surface area contributed by atoms with E-state index in [9.17, 15) is 26.3 Å². The largest absolute Gasteiger partial charge is 0.433 e. The summed E-state index contributed by atoms with van der Waals surface area (Å²) in [5.41, 5.74) is -3.18. The minimum atomic E-state index is -4.93. The highest BCUT2D eigenvalue weighted by molar-refractivity contribution is 6.31. The van der Waals surface area contributed by atoms with E-state index in [0.717, 1.165) is 0 Å². The van der Waals surface area contributed by atoms with Gasteiger partial charge in [-0.15, -0.1) is 0 Å². The van der Waals surface area contributed by atoms with Crippen LogP contribution in [0.15, 0.2) is 12.3 Å². The Morgan fingerprint density at radius 2 is 1.53 bits per heavy atom. The van der Waals surface area contributed by atoms with Crippen molar-refractivity contribution < 1.29 is 26.3 Å². The molecule has 0 aromatic carbocycles. The molecule has 1 aromatic heterocycles. The molecule has 0 aliphatic rings. The molecule has 1 aromatic rings. The van der Waals surface area contributed by atoms with E-state index in [0.29, 0.717) is 6.20 Å². The first kappa shape index (κ1) is 12.1. The Balaban J connectivity index is 3.30. The van der Waals surface area contributed by atoms with Gasteiger partial charge in [0.1, 0.15) is 5.69 Å². The lowest BCUT2D eigenvalue weighted by Gasteiger charge is -2.11. The summed E-state index contributed by atoms with van der Waals surface area (Å²) in [7, 11) is 0. The molecule has 1 nitrogen and oxygen atoms in total. The van der Waals surface area contributed by atoms with Gasteiger partial charge in [0.15, 0.2) is 0 Å². The molecule has 0 fully saturated rings. The van der Waals surface area contributed by atoms with Crippen LogP contribution in [0, 0.1) is 0 Å². The summed E-state index contributed by atoms with van der Waals surface area (Å²) in [6.07, 6.45) is -9.53. The van der Waals surface area contributed by atoms with Crippen LogP contribution < -0.4 is 0 Å². The highest BCUT2D eigenvalue weighted by atomic mass is 35.5. The predicted molar refractivity (Wildman–Crippen MR) is 39.3 cm³/mol. The number of nitrogens with zero attached hydrogens (tertiary/aromatic N) is 1. The molecule has 0 radical (unpaired) electrons. The van der Waals surface area contributed by atoms with Gasteiger partial charge in [-0.3, -0.25) is 4.98 Å². The van der Waals surface area contributed by atoms with Crippen molar-refractivity contribution in [3.63, 3.8) is 0 Å². The Hall–Kier alpha value is -0.980. The zero-order chi connectivity index (χ0) is 11.9. The fraction of sp³-hybridized carbons (Fsp3) is 0.286. The Labute approximate surface area is 84.7 Å². The average Bonchev–Trinajstić information content (AvgIpc) is 2.00. The van der Waals surface area contributed by atoms with Gasteiger partial charge in [0.25, 0.3) is 0 Å². The fourth-order valence-corrected chi connectivity index (χ4v) is 1.02. The van der Waals surface area contributed by atoms with Crippen molar-refractivity contribution in [2.75, 3.05) is 0 Å². The minimum Gasteiger partial charge on any atom is -0.250 e. The van der Waals surface area contributed by atoms with Crippen molar-refractivity contribution in [3.05, 3.63) is 28.5 Å². The van der Waals surface area contributed by atoms with E-state index in [1.807, 2.05) is 0 Å². The Morgan fingerprint density at radius 1 is 1.00 bits per heavy atom. The molecule has 0 atom stereocenters. The number of pyridine rings is 1. The number of rotatable bonds is 0. The Bertz CT molecular complexity index is 369. The Kier molecular flexibility index (Phi) is 2.86. The minimum absolute atomic E-state index is 0.123. The molecule has 0 aliphatic carbocycles. The van der Waals surface area contributed by atoms with Crippen LogP contribution in [-0.2, 0) is 12.4 Å². The number of alkyl halides is 6. The number of hydrogen-bond donors (Lipinski definition) is 0. The van der Waals surface area contributed by atoms with E-state index < -0.39 is 28.6 Å². The second-order valence-electron chi connectivity index (χ2n) is 2.54. The van der Waals surface area contributed by atoms with E-state index in [2.05, 4.69) is 4.98 Å². The van der Waals surface area contributed by atoms with Gasteiger partial charge in [-0.1, -0.05) is 11.6 Å². The lowest BCUT2D eigenvalue weighted by Crippen LogP contribution is -2.13. The van der Waals surface area contributed by atoms with E-state index >= 15 is 0 Å². The third-order valence-electron chi connectivity index (χ3n) is 1.45. The molecule has 0 bridgehead atoms. The molecular weight excluding hydrogens is 248 g/mol. The first-order chi connectivity index (χ1) is 6.62. The maximum absolute atomic E-state index is 12.1. The highest BCUT2D eigenvalue weighted by Crippen LogP contribution is 2.37. The van der Waals surface area contributed by atoms with Crippen LogP contribution >= 0.6 is 11.6 Å². The van der Waals surface area contributed by atoms with Crippen LogP contribution in [0.25, 0.3) is 0 Å². The molecule has 0 amide bonds. The van der Waals surface area contributed by atoms with Crippen LogP contribution in [-0.4, -0.2) is 4.98 Å². The standard InChI is InChI=1S/C7H2ClF6N/c8-4-2-15-5(7(12,13)14)1-3(4)6(9,10)11/h1-2H. The maximum Gasteiger partial charge on any atom is 0.433 e. The SMILES string of the molecule is FC(F)(F)c1cc(C(F)(F)F)c(Cl)cn1. The van der Waals surface area contributed by atoms with Crippen LogP contribution in [0.1, 0.15) is 11.3 Å². The molecule has 84 valence electrons. The topological polar surface area (TPSA) is 12.9 Å². The lowest BCUT2D eigenvalue weighted by atomic mass is 10.2. The molecule has 0 saturated heterocycles. The molecule has 0 N–H and O–H groups in total. The van der Waals surface area contributed by atoms with Crippen LogP contribution in [0.5, 0.6) is 0 Å². The molecule has 15 heavy (non-hydrogen) atoms. The third-order valence-corrected chi connectivity index (χ3v) is 1.75. The quantitative estimate of drug-likeness (QED) is 0.638. The van der Waals surface area contributed by atoms with Crippen LogP contribution in [0.4, 0.5) is 26.3 Å². The lowest BCUT2D eigenvalue weighted by molar-refractivity contribution is -0.145. The van der Waals surface area contributed by atoms with Crippen LogP contribution in [0.3, 0.4) is 0 Å². The van der Waals surface area contributed by atoms with Crippen molar-refractivity contribution in [1.29, 1.82) is 0 Å². The summed E-state index contributed by atoms with van der Waals surface area (Å²) in [5, 5.41) is -0.865. The van der Waals surface area contributed by atoms with Gasteiger partial charge >= 0.3 is 12.4 Å². The molecular formula is C7H2ClF6N. The smallest absolute Gasteiger partial charge is 0.250 e. The highest BCUT2D eigenvalue weighted by Gasteiger charge is 2.38. The van der Waals surface area contributed by atoms with E-state index in [-0.39, 0.29) is 6.07 Å². The van der Waals surface area contributed by atoms with Crippen molar-refractivity contribution in [1.82, 2.24) is 4.98 Å². The molecule has 8 heteroatoms. The van der Waals surface area contributed by atoms with Gasteiger partial charge in [0.05, 0.1) is 10.6 Å². The first-order valence-corrected chi connectivity index (χ1v) is 3.80. The second kappa shape index (κ2) is 3.55. The summed E-state index contributed by atoms with van der Waals surface area (Å²) < 4.78 is 72.5. The zero-order valence-corrected chi connectivity index (χ0v) is 7.50. The summed E-state index contributed by atoms with van der Waals surface area (Å²) in [6, 6.07) is -0.123. The fourth-order valence-electron chi connectivity index (χ4n) is 0.811. The van der Waals surface area contributed by atoms with Gasteiger partial charge in [0, 0.05) is 6.20 Å². The molecule has 0 spiro atoms. The first-order valence-electron chi connectivity index (χ1n) is 3.42. The summed E-state index contributed by atoms with van der Waals surface area (Å²) in [6.45, 7) is 0. The van der Waals surface area contributed by atoms with E-state index in [1.54, 1.807) is 0 Å². The van der Waals surface area contributed by atoms with Crippen LogP contribution in [0.2, 0.25) is 5.02 Å². The summed E-state index contributed by atoms with van der Waals surface area (Å²) in [5.74, 6) is 0. The van der Waals surface area contributed by atoms with Crippen molar-refractivity contribution >= 4 is 11.6 Å². The van der Waals surface area contributed by atoms with Gasteiger partial charge in [-0.05, 0) is 6.07 Å². The molecule has 1 rings (SSSR count). The molecule has 1 heterocycles. The average molecular weight is 250 g/mol. The third kappa shape index (κ3) is 2.74. The number of hydrogen-bond acceptors (Lipinski definition) is 1.